The lowest BCUT2D eigenvalue weighted by molar-refractivity contribution is 0.0951. The maximum Gasteiger partial charge on any atom is 0.255 e. The highest BCUT2D eigenvalue weighted by atomic mass is 16.5. The van der Waals surface area contributed by atoms with Crippen molar-refractivity contribution < 1.29 is 4.74 Å². The summed E-state index contributed by atoms with van der Waals surface area (Å²) in [7, 11) is 0. The summed E-state index contributed by atoms with van der Waals surface area (Å²) in [5.41, 5.74) is 1.01. The van der Waals surface area contributed by atoms with Crippen LogP contribution in [0.25, 0.3) is 10.8 Å². The molecule has 4 rings (SSSR count). The Labute approximate surface area is 161 Å². The van der Waals surface area contributed by atoms with Crippen molar-refractivity contribution in [1.29, 1.82) is 0 Å². The maximum absolute atomic E-state index is 11.9. The molecule has 0 atom stereocenters. The largest absolute Gasteiger partial charge is 0.490 e. The third-order valence-corrected chi connectivity index (χ3v) is 6.48. The van der Waals surface area contributed by atoms with E-state index in [-0.39, 0.29) is 11.7 Å². The van der Waals surface area contributed by atoms with Crippen LogP contribution in [0, 0.1) is 12.8 Å². The summed E-state index contributed by atoms with van der Waals surface area (Å²) in [5, 5.41) is 1.68. The number of aryl methyl sites for hydroxylation is 1. The number of nitrogens with one attached hydrogen (secondary N) is 1. The number of ether oxygens (including phenoxy) is 1. The second-order valence-electron chi connectivity index (χ2n) is 8.46. The van der Waals surface area contributed by atoms with E-state index >= 15 is 0 Å². The molecule has 1 saturated heterocycles. The molecule has 0 bridgehead atoms. The van der Waals surface area contributed by atoms with Gasteiger partial charge < -0.3 is 14.6 Å². The molecular weight excluding hydrogens is 336 g/mol. The smallest absolute Gasteiger partial charge is 0.255 e. The molecule has 146 valence electrons. The second kappa shape index (κ2) is 8.47. The summed E-state index contributed by atoms with van der Waals surface area (Å²) < 4.78 is 6.34. The third kappa shape index (κ3) is 4.55. The molecule has 27 heavy (non-hydrogen) atoms. The summed E-state index contributed by atoms with van der Waals surface area (Å²) in [5.74, 6) is 1.89. The molecule has 1 aromatic heterocycles. The first-order chi connectivity index (χ1) is 13.2. The van der Waals surface area contributed by atoms with Crippen LogP contribution in [0.2, 0.25) is 0 Å². The van der Waals surface area contributed by atoms with E-state index < -0.39 is 0 Å². The molecule has 1 saturated carbocycles. The Bertz CT molecular complexity index is 815. The number of aromatic nitrogens is 1. The van der Waals surface area contributed by atoms with E-state index in [1.807, 2.05) is 25.1 Å². The Morgan fingerprint density at radius 3 is 2.67 bits per heavy atom. The SMILES string of the molecule is Cc1cc2c(=O)[nH]ccc2cc1OC1CCN(CCC2CCCCC2)CC1. The molecule has 1 N–H and O–H groups in total. The molecule has 4 nitrogen and oxygen atoms in total. The average molecular weight is 369 g/mol. The van der Waals surface area contributed by atoms with Crippen molar-refractivity contribution in [1.82, 2.24) is 9.88 Å². The van der Waals surface area contributed by atoms with E-state index in [4.69, 9.17) is 4.74 Å². The first kappa shape index (κ1) is 18.5. The number of hydrogen-bond acceptors (Lipinski definition) is 3. The fraction of sp³-hybridized carbons (Fsp3) is 0.609. The molecule has 2 fully saturated rings. The van der Waals surface area contributed by atoms with Crippen LogP contribution in [0.4, 0.5) is 0 Å². The molecule has 2 aromatic rings. The van der Waals surface area contributed by atoms with E-state index in [9.17, 15) is 4.79 Å². The normalized spacial score (nSPS) is 20.2. The van der Waals surface area contributed by atoms with Gasteiger partial charge in [0.15, 0.2) is 0 Å². The summed E-state index contributed by atoms with van der Waals surface area (Å²) in [6.45, 7) is 5.57. The number of aromatic amines is 1. The van der Waals surface area contributed by atoms with Crippen molar-refractivity contribution in [2.24, 2.45) is 5.92 Å². The number of hydrogen-bond donors (Lipinski definition) is 1. The Morgan fingerprint density at radius 1 is 1.11 bits per heavy atom. The molecule has 1 aliphatic carbocycles. The summed E-state index contributed by atoms with van der Waals surface area (Å²) in [4.78, 5) is 17.3. The van der Waals surface area contributed by atoms with Gasteiger partial charge in [0.1, 0.15) is 11.9 Å². The van der Waals surface area contributed by atoms with Gasteiger partial charge in [-0.3, -0.25) is 4.79 Å². The van der Waals surface area contributed by atoms with E-state index in [0.717, 1.165) is 53.9 Å². The fourth-order valence-corrected chi connectivity index (χ4v) is 4.72. The Morgan fingerprint density at radius 2 is 1.89 bits per heavy atom. The third-order valence-electron chi connectivity index (χ3n) is 6.48. The molecule has 0 unspecified atom stereocenters. The molecular formula is C23H32N2O2. The highest BCUT2D eigenvalue weighted by Crippen LogP contribution is 2.28. The van der Waals surface area contributed by atoms with Crippen LogP contribution in [0.1, 0.15) is 56.9 Å². The Hall–Kier alpha value is -1.81. The number of H-pyrrole nitrogens is 1. The summed E-state index contributed by atoms with van der Waals surface area (Å²) in [6, 6.07) is 5.91. The van der Waals surface area contributed by atoms with Crippen LogP contribution in [0.5, 0.6) is 5.75 Å². The summed E-state index contributed by atoms with van der Waals surface area (Å²) in [6.07, 6.45) is 12.8. The minimum Gasteiger partial charge on any atom is -0.490 e. The molecule has 4 heteroatoms. The standard InChI is InChI=1S/C23H32N2O2/c1-17-15-21-19(7-11-24-23(21)26)16-22(17)27-20-9-13-25(14-10-20)12-8-18-5-3-2-4-6-18/h7,11,15-16,18,20H,2-6,8-10,12-14H2,1H3,(H,24,26). The van der Waals surface area contributed by atoms with Gasteiger partial charge in [-0.25, -0.2) is 0 Å². The molecule has 1 aliphatic heterocycles. The van der Waals surface area contributed by atoms with Crippen molar-refractivity contribution in [2.75, 3.05) is 19.6 Å². The topological polar surface area (TPSA) is 45.3 Å². The summed E-state index contributed by atoms with van der Waals surface area (Å²) >= 11 is 0. The van der Waals surface area contributed by atoms with Crippen molar-refractivity contribution in [3.8, 4) is 5.75 Å². The van der Waals surface area contributed by atoms with Gasteiger partial charge in [0.05, 0.1) is 0 Å². The Balaban J connectivity index is 1.30. The zero-order chi connectivity index (χ0) is 18.6. The second-order valence-corrected chi connectivity index (χ2v) is 8.46. The number of piperidine rings is 1. The lowest BCUT2D eigenvalue weighted by Crippen LogP contribution is -2.39. The lowest BCUT2D eigenvalue weighted by Gasteiger charge is -2.33. The first-order valence-electron chi connectivity index (χ1n) is 10.7. The highest BCUT2D eigenvalue weighted by molar-refractivity contribution is 5.83. The van der Waals surface area contributed by atoms with Gasteiger partial charge in [0, 0.05) is 24.7 Å². The Kier molecular flexibility index (Phi) is 5.82. The molecule has 0 radical (unpaired) electrons. The molecule has 2 aliphatic rings. The zero-order valence-corrected chi connectivity index (χ0v) is 16.5. The fourth-order valence-electron chi connectivity index (χ4n) is 4.72. The quantitative estimate of drug-likeness (QED) is 0.835. The van der Waals surface area contributed by atoms with E-state index in [1.165, 1.54) is 45.1 Å². The van der Waals surface area contributed by atoms with Gasteiger partial charge in [-0.05, 0) is 67.8 Å². The van der Waals surface area contributed by atoms with Gasteiger partial charge in [-0.15, -0.1) is 0 Å². The zero-order valence-electron chi connectivity index (χ0n) is 16.5. The van der Waals surface area contributed by atoms with Gasteiger partial charge >= 0.3 is 0 Å². The van der Waals surface area contributed by atoms with Crippen molar-refractivity contribution in [3.05, 3.63) is 40.3 Å². The van der Waals surface area contributed by atoms with Crippen molar-refractivity contribution >= 4 is 10.8 Å². The number of fused-ring (bicyclic) bond motifs is 1. The van der Waals surface area contributed by atoms with E-state index in [1.54, 1.807) is 6.20 Å². The first-order valence-corrected chi connectivity index (χ1v) is 10.7. The average Bonchev–Trinajstić information content (AvgIpc) is 2.70. The lowest BCUT2D eigenvalue weighted by atomic mass is 9.87. The van der Waals surface area contributed by atoms with Crippen LogP contribution < -0.4 is 10.3 Å². The van der Waals surface area contributed by atoms with E-state index in [0.29, 0.717) is 0 Å². The predicted molar refractivity (Wildman–Crippen MR) is 111 cm³/mol. The molecule has 0 spiro atoms. The van der Waals surface area contributed by atoms with Gasteiger partial charge in [0.2, 0.25) is 0 Å². The number of nitrogens with zero attached hydrogens (tertiary/aromatic N) is 1. The minimum atomic E-state index is -0.0339. The number of likely N-dealkylation sites (tertiary alicyclic amines) is 1. The molecule has 1 aromatic carbocycles. The van der Waals surface area contributed by atoms with Crippen molar-refractivity contribution in [2.45, 2.75) is 64.4 Å². The molecule has 0 amide bonds. The van der Waals surface area contributed by atoms with Gasteiger partial charge in [-0.2, -0.15) is 0 Å². The number of pyridine rings is 1. The monoisotopic (exact) mass is 368 g/mol. The number of rotatable bonds is 5. The van der Waals surface area contributed by atoms with Crippen molar-refractivity contribution in [3.63, 3.8) is 0 Å². The van der Waals surface area contributed by atoms with Crippen LogP contribution in [-0.4, -0.2) is 35.6 Å². The van der Waals surface area contributed by atoms with Gasteiger partial charge in [0.25, 0.3) is 5.56 Å². The molecule has 2 heterocycles. The van der Waals surface area contributed by atoms with Crippen LogP contribution in [-0.2, 0) is 0 Å². The predicted octanol–water partition coefficient (Wildman–Crippen LogP) is 4.65. The van der Waals surface area contributed by atoms with Crippen LogP contribution in [0.15, 0.2) is 29.2 Å². The maximum atomic E-state index is 11.9. The van der Waals surface area contributed by atoms with E-state index in [2.05, 4.69) is 9.88 Å². The van der Waals surface area contributed by atoms with Crippen LogP contribution in [0.3, 0.4) is 0 Å². The van der Waals surface area contributed by atoms with Gasteiger partial charge in [-0.1, -0.05) is 32.1 Å². The highest BCUT2D eigenvalue weighted by Gasteiger charge is 2.22. The van der Waals surface area contributed by atoms with Crippen LogP contribution >= 0.6 is 0 Å². The minimum absolute atomic E-state index is 0.0339. The number of benzene rings is 1.